The lowest BCUT2D eigenvalue weighted by atomic mass is 9.73. The number of thiocyanates is 1. The van der Waals surface area contributed by atoms with Gasteiger partial charge in [-0.2, -0.15) is 5.26 Å². The van der Waals surface area contributed by atoms with Crippen molar-refractivity contribution in [2.75, 3.05) is 20.2 Å². The van der Waals surface area contributed by atoms with E-state index < -0.39 is 6.10 Å². The Morgan fingerprint density at radius 2 is 2.33 bits per heavy atom. The van der Waals surface area contributed by atoms with Gasteiger partial charge in [-0.25, -0.2) is 4.98 Å². The Kier molecular flexibility index (Phi) is 5.09. The van der Waals surface area contributed by atoms with Gasteiger partial charge >= 0.3 is 0 Å². The van der Waals surface area contributed by atoms with E-state index in [-0.39, 0.29) is 6.04 Å². The van der Waals surface area contributed by atoms with Gasteiger partial charge < -0.3 is 9.84 Å². The molecule has 1 aromatic carbocycles. The Balaban J connectivity index is 1.75. The number of fused-ring (bicyclic) bond motifs is 4. The number of methoxy groups -OCH3 is 1. The van der Waals surface area contributed by atoms with Gasteiger partial charge in [-0.3, -0.25) is 4.90 Å². The Morgan fingerprint density at radius 1 is 1.48 bits per heavy atom. The Hall–Kier alpha value is -2.07. The number of nitrogens with zero attached hydrogens (tertiary/aromatic N) is 3. The topological polar surface area (TPSA) is 69.4 Å². The summed E-state index contributed by atoms with van der Waals surface area (Å²) in [6.07, 6.45) is 3.56. The number of ether oxygens (including phenoxy) is 1. The van der Waals surface area contributed by atoms with E-state index >= 15 is 0 Å². The number of thioether (sulfide) groups is 1. The molecule has 3 saturated heterocycles. The van der Waals surface area contributed by atoms with Crippen LogP contribution in [0.4, 0.5) is 0 Å². The molecule has 5 atom stereocenters. The minimum Gasteiger partial charge on any atom is -0.497 e. The summed E-state index contributed by atoms with van der Waals surface area (Å²) in [5.41, 5.74) is 1.59. The van der Waals surface area contributed by atoms with Gasteiger partial charge in [-0.05, 0) is 61.1 Å². The maximum atomic E-state index is 11.4. The molecule has 6 heteroatoms. The Morgan fingerprint density at radius 3 is 3.00 bits per heavy atom. The van der Waals surface area contributed by atoms with Crippen LogP contribution in [0.25, 0.3) is 10.9 Å². The zero-order valence-electron chi connectivity index (χ0n) is 15.3. The van der Waals surface area contributed by atoms with Crippen molar-refractivity contribution >= 4 is 22.7 Å². The van der Waals surface area contributed by atoms with Crippen LogP contribution in [-0.2, 0) is 0 Å². The predicted molar refractivity (Wildman–Crippen MR) is 106 cm³/mol. The standard InChI is InChI=1S/C21H23N3O2S/c1-3-13-11-24-7-6-14(13)8-19(24)21(25)17-10-20(27-12-22)23-18-5-4-15(26-2)9-16(17)18/h3-5,9-10,13-14,19,21,25H,1,6-8,11H2,2H3/t13-,14-,19+,21-/m0/s1. The summed E-state index contributed by atoms with van der Waals surface area (Å²) < 4.78 is 5.37. The fourth-order valence-corrected chi connectivity index (χ4v) is 5.01. The maximum absolute atomic E-state index is 11.4. The van der Waals surface area contributed by atoms with Crippen LogP contribution in [0.1, 0.15) is 24.5 Å². The van der Waals surface area contributed by atoms with Crippen molar-refractivity contribution in [2.45, 2.75) is 30.0 Å². The number of hydrogen-bond donors (Lipinski definition) is 1. The third kappa shape index (κ3) is 3.31. The lowest BCUT2D eigenvalue weighted by Gasteiger charge is -2.50. The average molecular weight is 382 g/mol. The molecule has 3 aliphatic rings. The molecule has 1 aromatic heterocycles. The molecule has 5 rings (SSSR count). The molecule has 140 valence electrons. The first kappa shape index (κ1) is 18.3. The lowest BCUT2D eigenvalue weighted by Crippen LogP contribution is -2.54. The molecular formula is C21H23N3O2S. The van der Waals surface area contributed by atoms with Crippen LogP contribution in [0.5, 0.6) is 5.75 Å². The van der Waals surface area contributed by atoms with Crippen LogP contribution in [0, 0.1) is 22.5 Å². The summed E-state index contributed by atoms with van der Waals surface area (Å²) in [7, 11) is 1.63. The zero-order chi connectivity index (χ0) is 19.0. The van der Waals surface area contributed by atoms with E-state index in [2.05, 4.69) is 27.9 Å². The molecule has 0 spiro atoms. The van der Waals surface area contributed by atoms with Crippen molar-refractivity contribution in [2.24, 2.45) is 11.8 Å². The van der Waals surface area contributed by atoms with Gasteiger partial charge in [0.15, 0.2) is 0 Å². The molecule has 0 amide bonds. The minimum atomic E-state index is -0.630. The van der Waals surface area contributed by atoms with Crippen molar-refractivity contribution in [3.8, 4) is 11.2 Å². The molecule has 3 aliphatic heterocycles. The van der Waals surface area contributed by atoms with Gasteiger partial charge in [0.2, 0.25) is 0 Å². The number of aromatic nitrogens is 1. The largest absolute Gasteiger partial charge is 0.497 e. The van der Waals surface area contributed by atoms with Gasteiger partial charge in [0.05, 0.1) is 18.7 Å². The summed E-state index contributed by atoms with van der Waals surface area (Å²) >= 11 is 1.02. The van der Waals surface area contributed by atoms with Crippen LogP contribution in [0.3, 0.4) is 0 Å². The number of hydrogen-bond acceptors (Lipinski definition) is 6. The zero-order valence-corrected chi connectivity index (χ0v) is 16.2. The van der Waals surface area contributed by atoms with Gasteiger partial charge in [0.1, 0.15) is 16.2 Å². The highest BCUT2D eigenvalue weighted by atomic mass is 32.2. The molecule has 1 unspecified atom stereocenters. The molecule has 5 nitrogen and oxygen atoms in total. The van der Waals surface area contributed by atoms with E-state index in [1.54, 1.807) is 7.11 Å². The molecular weight excluding hydrogens is 358 g/mol. The predicted octanol–water partition coefficient (Wildman–Crippen LogP) is 3.75. The second kappa shape index (κ2) is 7.51. The number of piperidine rings is 3. The van der Waals surface area contributed by atoms with Crippen LogP contribution in [-0.4, -0.2) is 41.2 Å². The quantitative estimate of drug-likeness (QED) is 0.483. The molecule has 4 heterocycles. The number of aliphatic hydroxyl groups is 1. The van der Waals surface area contributed by atoms with Gasteiger partial charge in [0.25, 0.3) is 0 Å². The van der Waals surface area contributed by atoms with Crippen molar-refractivity contribution < 1.29 is 9.84 Å². The Labute approximate surface area is 163 Å². The van der Waals surface area contributed by atoms with E-state index in [9.17, 15) is 5.11 Å². The first-order chi connectivity index (χ1) is 13.1. The number of pyridine rings is 1. The minimum absolute atomic E-state index is 0.0803. The monoisotopic (exact) mass is 381 g/mol. The van der Waals surface area contributed by atoms with E-state index in [0.29, 0.717) is 16.9 Å². The number of nitriles is 1. The number of benzene rings is 1. The molecule has 0 saturated carbocycles. The van der Waals surface area contributed by atoms with Crippen LogP contribution in [0.2, 0.25) is 0 Å². The van der Waals surface area contributed by atoms with Crippen molar-refractivity contribution in [3.05, 3.63) is 42.5 Å². The van der Waals surface area contributed by atoms with Crippen LogP contribution < -0.4 is 4.74 Å². The van der Waals surface area contributed by atoms with E-state index in [1.165, 1.54) is 6.42 Å². The van der Waals surface area contributed by atoms with Crippen molar-refractivity contribution in [1.82, 2.24) is 9.88 Å². The molecule has 27 heavy (non-hydrogen) atoms. The molecule has 3 fully saturated rings. The SMILES string of the molecule is C=C[C@H]1CN2CC[C@H]1C[C@@H]2[C@@H](O)c1cc(SC#N)nc2ccc(OC)cc12. The van der Waals surface area contributed by atoms with Crippen molar-refractivity contribution in [1.29, 1.82) is 5.26 Å². The summed E-state index contributed by atoms with van der Waals surface area (Å²) in [5, 5.41) is 24.0. The normalized spacial score (nSPS) is 27.9. The Bertz CT molecular complexity index is 910. The van der Waals surface area contributed by atoms with E-state index in [1.807, 2.05) is 24.3 Å². The second-order valence-corrected chi connectivity index (χ2v) is 8.12. The molecule has 2 aromatic rings. The molecule has 1 N–H and O–H groups in total. The number of aliphatic hydroxyl groups excluding tert-OH is 1. The summed E-state index contributed by atoms with van der Waals surface area (Å²) in [5.74, 6) is 1.83. The van der Waals surface area contributed by atoms with Gasteiger partial charge in [-0.15, -0.1) is 6.58 Å². The molecule has 2 bridgehead atoms. The molecule has 0 radical (unpaired) electrons. The third-order valence-corrected chi connectivity index (χ3v) is 6.52. The first-order valence-electron chi connectivity index (χ1n) is 9.24. The highest BCUT2D eigenvalue weighted by Gasteiger charge is 2.42. The van der Waals surface area contributed by atoms with Gasteiger partial charge in [0, 0.05) is 29.7 Å². The summed E-state index contributed by atoms with van der Waals surface area (Å²) in [6.45, 7) is 5.96. The number of rotatable bonds is 5. The van der Waals surface area contributed by atoms with Gasteiger partial charge in [-0.1, -0.05) is 6.08 Å². The highest BCUT2D eigenvalue weighted by molar-refractivity contribution is 8.03. The summed E-state index contributed by atoms with van der Waals surface area (Å²) in [4.78, 5) is 6.94. The second-order valence-electron chi connectivity index (χ2n) is 7.32. The highest BCUT2D eigenvalue weighted by Crippen LogP contribution is 2.42. The van der Waals surface area contributed by atoms with Crippen LogP contribution >= 0.6 is 11.8 Å². The lowest BCUT2D eigenvalue weighted by molar-refractivity contribution is -0.0445. The summed E-state index contributed by atoms with van der Waals surface area (Å²) in [6, 6.07) is 7.59. The third-order valence-electron chi connectivity index (χ3n) is 6.01. The fraction of sp³-hybridized carbons (Fsp3) is 0.429. The maximum Gasteiger partial charge on any atom is 0.140 e. The molecule has 0 aliphatic carbocycles. The van der Waals surface area contributed by atoms with E-state index in [4.69, 9.17) is 10.00 Å². The smallest absolute Gasteiger partial charge is 0.140 e. The van der Waals surface area contributed by atoms with Crippen molar-refractivity contribution in [3.63, 3.8) is 0 Å². The van der Waals surface area contributed by atoms with E-state index in [0.717, 1.165) is 53.5 Å². The van der Waals surface area contributed by atoms with Crippen LogP contribution in [0.15, 0.2) is 41.9 Å². The average Bonchev–Trinajstić information content (AvgIpc) is 2.72. The first-order valence-corrected chi connectivity index (χ1v) is 10.1. The fourth-order valence-electron chi connectivity index (χ4n) is 4.59.